The molecule has 1 aromatic heterocycles. The average Bonchev–Trinajstić information content (AvgIpc) is 3.39. The maximum Gasteiger partial charge on any atom is 0.373 e. The molecule has 0 unspecified atom stereocenters. The van der Waals surface area contributed by atoms with Gasteiger partial charge in [-0.05, 0) is 73.8 Å². The Bertz CT molecular complexity index is 1330. The number of esters is 1. The fourth-order valence-corrected chi connectivity index (χ4v) is 4.92. The Kier molecular flexibility index (Phi) is 7.63. The number of carbonyl (C=O) groups excluding carboxylic acids is 3. The molecule has 0 radical (unpaired) electrons. The van der Waals surface area contributed by atoms with Crippen LogP contribution in [0.1, 0.15) is 27.4 Å². The molecule has 1 aliphatic rings. The molecule has 1 N–H and O–H groups in total. The van der Waals surface area contributed by atoms with Crippen LogP contribution in [0.2, 0.25) is 5.02 Å². The van der Waals surface area contributed by atoms with Crippen LogP contribution < -0.4 is 10.1 Å². The molecule has 2 heterocycles. The van der Waals surface area contributed by atoms with E-state index in [1.165, 1.54) is 19.2 Å². The molecule has 35 heavy (non-hydrogen) atoms. The van der Waals surface area contributed by atoms with Gasteiger partial charge in [-0.1, -0.05) is 29.8 Å². The zero-order valence-corrected chi connectivity index (χ0v) is 22.1. The molecule has 1 aliphatic heterocycles. The van der Waals surface area contributed by atoms with Crippen molar-refractivity contribution in [1.29, 1.82) is 0 Å². The first-order valence-corrected chi connectivity index (χ1v) is 12.1. The van der Waals surface area contributed by atoms with Crippen molar-refractivity contribution >= 4 is 67.4 Å². The van der Waals surface area contributed by atoms with Gasteiger partial charge in [-0.25, -0.2) is 9.59 Å². The largest absolute Gasteiger partial charge is 0.486 e. The predicted molar refractivity (Wildman–Crippen MR) is 135 cm³/mol. The van der Waals surface area contributed by atoms with Crippen LogP contribution in [0.5, 0.6) is 5.75 Å². The van der Waals surface area contributed by atoms with Crippen molar-refractivity contribution in [3.05, 3.63) is 90.8 Å². The van der Waals surface area contributed by atoms with Crippen LogP contribution in [0, 0.1) is 0 Å². The van der Waals surface area contributed by atoms with Crippen molar-refractivity contribution in [3.8, 4) is 5.75 Å². The third-order valence-corrected chi connectivity index (χ3v) is 6.53. The maximum atomic E-state index is 12.8. The quantitative estimate of drug-likeness (QED) is 0.199. The number of methoxy groups -OCH3 is 1. The van der Waals surface area contributed by atoms with Crippen LogP contribution in [-0.2, 0) is 22.7 Å². The number of hydrogen-bond donors (Lipinski definition) is 1. The Morgan fingerprint density at radius 3 is 2.54 bits per heavy atom. The highest BCUT2D eigenvalue weighted by atomic mass is 79.9. The number of amides is 3. The number of carbonyl (C=O) groups is 3. The lowest BCUT2D eigenvalue weighted by molar-refractivity contribution is -0.123. The van der Waals surface area contributed by atoms with Crippen molar-refractivity contribution in [3.63, 3.8) is 0 Å². The lowest BCUT2D eigenvalue weighted by Gasteiger charge is -2.12. The summed E-state index contributed by atoms with van der Waals surface area (Å²) in [5.41, 5.74) is 1.58. The van der Waals surface area contributed by atoms with Gasteiger partial charge in [0.05, 0.1) is 22.6 Å². The van der Waals surface area contributed by atoms with E-state index in [1.807, 2.05) is 18.2 Å². The second-order valence-electron chi connectivity index (χ2n) is 7.33. The summed E-state index contributed by atoms with van der Waals surface area (Å²) < 4.78 is 17.2. The van der Waals surface area contributed by atoms with Crippen LogP contribution in [0.15, 0.2) is 67.6 Å². The van der Waals surface area contributed by atoms with Crippen LogP contribution in [0.4, 0.5) is 4.79 Å². The molecule has 0 bridgehead atoms. The number of urea groups is 1. The number of nitrogens with one attached hydrogen (secondary N) is 1. The average molecular weight is 625 g/mol. The van der Waals surface area contributed by atoms with Crippen molar-refractivity contribution in [1.82, 2.24) is 10.2 Å². The van der Waals surface area contributed by atoms with Crippen molar-refractivity contribution in [2.24, 2.45) is 0 Å². The van der Waals surface area contributed by atoms with Gasteiger partial charge in [0.25, 0.3) is 5.91 Å². The minimum Gasteiger partial charge on any atom is -0.486 e. The molecule has 180 valence electrons. The van der Waals surface area contributed by atoms with Gasteiger partial charge < -0.3 is 19.2 Å². The molecule has 4 rings (SSSR count). The highest BCUT2D eigenvalue weighted by molar-refractivity contribution is 9.11. The second kappa shape index (κ2) is 10.7. The minimum absolute atomic E-state index is 0.0168. The molecule has 2 aromatic carbocycles. The van der Waals surface area contributed by atoms with Gasteiger partial charge in [-0.2, -0.15) is 0 Å². The molecule has 0 spiro atoms. The normalized spacial score (nSPS) is 14.4. The summed E-state index contributed by atoms with van der Waals surface area (Å²) in [6.07, 6.45) is 1.55. The Morgan fingerprint density at radius 2 is 1.86 bits per heavy atom. The first kappa shape index (κ1) is 25.0. The van der Waals surface area contributed by atoms with E-state index < -0.39 is 17.9 Å². The summed E-state index contributed by atoms with van der Waals surface area (Å²) in [5, 5.41) is 3.17. The number of rotatable bonds is 7. The molecule has 11 heteroatoms. The summed E-state index contributed by atoms with van der Waals surface area (Å²) in [7, 11) is 1.23. The zero-order valence-electron chi connectivity index (χ0n) is 18.1. The molecule has 1 fully saturated rings. The molecule has 3 amide bonds. The predicted octanol–water partition coefficient (Wildman–Crippen LogP) is 5.92. The van der Waals surface area contributed by atoms with Crippen LogP contribution in [0.25, 0.3) is 6.08 Å². The van der Waals surface area contributed by atoms with E-state index >= 15 is 0 Å². The Morgan fingerprint density at radius 1 is 1.14 bits per heavy atom. The summed E-state index contributed by atoms with van der Waals surface area (Å²) in [6, 6.07) is 13.2. The summed E-state index contributed by atoms with van der Waals surface area (Å²) in [6.45, 7) is 0.131. The van der Waals surface area contributed by atoms with Gasteiger partial charge in [-0.3, -0.25) is 9.69 Å². The number of benzene rings is 2. The molecular weight excluding hydrogens is 608 g/mol. The highest BCUT2D eigenvalue weighted by Crippen LogP contribution is 2.36. The standard InChI is InChI=1S/C24H17Br2ClN2O6/c1-33-23(31)20-7-6-15(35-20)11-29-22(30)19(28-24(29)32)10-13-8-16(25)21(17(26)9-13)34-12-14-4-2-3-5-18(14)27/h2-10H,11-12H2,1H3,(H,28,32)/b19-10-. The van der Waals surface area contributed by atoms with Crippen molar-refractivity contribution in [2.75, 3.05) is 7.11 Å². The number of furan rings is 1. The monoisotopic (exact) mass is 622 g/mol. The molecule has 0 atom stereocenters. The van der Waals surface area contributed by atoms with Gasteiger partial charge in [0.15, 0.2) is 0 Å². The fourth-order valence-electron chi connectivity index (χ4n) is 3.28. The molecular formula is C24H17Br2ClN2O6. The molecule has 3 aromatic rings. The smallest absolute Gasteiger partial charge is 0.373 e. The number of halogens is 3. The fraction of sp³-hybridized carbons (Fsp3) is 0.125. The van der Waals surface area contributed by atoms with Gasteiger partial charge in [0.1, 0.15) is 23.8 Å². The van der Waals surface area contributed by atoms with E-state index in [2.05, 4.69) is 41.9 Å². The number of imide groups is 1. The van der Waals surface area contributed by atoms with E-state index in [0.29, 0.717) is 25.3 Å². The van der Waals surface area contributed by atoms with E-state index in [9.17, 15) is 14.4 Å². The van der Waals surface area contributed by atoms with Gasteiger partial charge in [0.2, 0.25) is 5.76 Å². The Hall–Kier alpha value is -3.08. The van der Waals surface area contributed by atoms with Gasteiger partial charge >= 0.3 is 12.0 Å². The zero-order chi connectivity index (χ0) is 25.1. The van der Waals surface area contributed by atoms with Crippen molar-refractivity contribution in [2.45, 2.75) is 13.2 Å². The molecule has 8 nitrogen and oxygen atoms in total. The highest BCUT2D eigenvalue weighted by Gasteiger charge is 2.34. The maximum absolute atomic E-state index is 12.8. The topological polar surface area (TPSA) is 98.1 Å². The van der Waals surface area contributed by atoms with Crippen LogP contribution in [-0.4, -0.2) is 29.9 Å². The summed E-state index contributed by atoms with van der Waals surface area (Å²) in [4.78, 5) is 37.8. The number of ether oxygens (including phenoxy) is 2. The van der Waals surface area contributed by atoms with Gasteiger partial charge in [0, 0.05) is 10.6 Å². The van der Waals surface area contributed by atoms with Gasteiger partial charge in [-0.15, -0.1) is 0 Å². The first-order chi connectivity index (χ1) is 16.8. The van der Waals surface area contributed by atoms with E-state index in [1.54, 1.807) is 24.3 Å². The Labute approximate surface area is 222 Å². The lowest BCUT2D eigenvalue weighted by atomic mass is 10.2. The molecule has 1 saturated heterocycles. The van der Waals surface area contributed by atoms with Crippen LogP contribution in [0.3, 0.4) is 0 Å². The SMILES string of the molecule is COC(=O)c1ccc(CN2C(=O)N/C(=C\c3cc(Br)c(OCc4ccccc4Cl)c(Br)c3)C2=O)o1. The minimum atomic E-state index is -0.649. The van der Waals surface area contributed by atoms with Crippen LogP contribution >= 0.6 is 43.5 Å². The second-order valence-corrected chi connectivity index (χ2v) is 9.45. The third-order valence-electron chi connectivity index (χ3n) is 4.99. The lowest BCUT2D eigenvalue weighted by Crippen LogP contribution is -2.30. The first-order valence-electron chi connectivity index (χ1n) is 10.1. The van der Waals surface area contributed by atoms with E-state index in [0.717, 1.165) is 10.5 Å². The third kappa shape index (κ3) is 5.61. The number of hydrogen-bond acceptors (Lipinski definition) is 6. The van der Waals surface area contributed by atoms with E-state index in [-0.39, 0.29) is 30.4 Å². The molecule has 0 aliphatic carbocycles. The van der Waals surface area contributed by atoms with Crippen molar-refractivity contribution < 1.29 is 28.3 Å². The molecule has 0 saturated carbocycles. The summed E-state index contributed by atoms with van der Waals surface area (Å²) >= 11 is 13.2. The van der Waals surface area contributed by atoms with E-state index in [4.69, 9.17) is 20.8 Å². The summed E-state index contributed by atoms with van der Waals surface area (Å²) in [5.74, 6) is -0.367. The Balaban J connectivity index is 1.48. The number of nitrogens with zero attached hydrogens (tertiary/aromatic N) is 1.